The molecule has 2 aliphatic heterocycles. The summed E-state index contributed by atoms with van der Waals surface area (Å²) in [7, 11) is 0. The van der Waals surface area contributed by atoms with E-state index in [1.807, 2.05) is 0 Å². The predicted octanol–water partition coefficient (Wildman–Crippen LogP) is 2.27. The molecule has 1 nitrogen and oxygen atoms in total. The molecule has 0 saturated carbocycles. The third kappa shape index (κ3) is 1.97. The van der Waals surface area contributed by atoms with Gasteiger partial charge in [0.15, 0.2) is 0 Å². The SMILES string of the molecule is CC1CC(C2CCCCS2)CN1. The zero-order valence-corrected chi connectivity index (χ0v) is 8.70. The molecule has 2 heterocycles. The molecule has 2 rings (SSSR count). The van der Waals surface area contributed by atoms with Crippen LogP contribution < -0.4 is 5.32 Å². The van der Waals surface area contributed by atoms with Crippen molar-refractivity contribution in [3.8, 4) is 0 Å². The van der Waals surface area contributed by atoms with Crippen molar-refractivity contribution in [1.29, 1.82) is 0 Å². The highest BCUT2D eigenvalue weighted by atomic mass is 32.2. The maximum absolute atomic E-state index is 3.55. The van der Waals surface area contributed by atoms with Gasteiger partial charge in [0.1, 0.15) is 0 Å². The smallest absolute Gasteiger partial charge is 0.00880 e. The van der Waals surface area contributed by atoms with Crippen LogP contribution >= 0.6 is 11.8 Å². The first-order chi connectivity index (χ1) is 5.86. The Labute approximate surface area is 79.7 Å². The van der Waals surface area contributed by atoms with Gasteiger partial charge in [-0.2, -0.15) is 11.8 Å². The Kier molecular flexibility index (Phi) is 2.97. The molecule has 0 amide bonds. The Bertz CT molecular complexity index is 140. The molecule has 2 saturated heterocycles. The summed E-state index contributed by atoms with van der Waals surface area (Å²) in [5, 5.41) is 4.54. The average Bonchev–Trinajstić information content (AvgIpc) is 2.54. The first-order valence-corrected chi connectivity index (χ1v) is 6.26. The van der Waals surface area contributed by atoms with Gasteiger partial charge >= 0.3 is 0 Å². The summed E-state index contributed by atoms with van der Waals surface area (Å²) in [5.41, 5.74) is 0. The molecular formula is C10H19NS. The summed E-state index contributed by atoms with van der Waals surface area (Å²) in [6.45, 7) is 3.59. The van der Waals surface area contributed by atoms with Crippen molar-refractivity contribution in [1.82, 2.24) is 5.32 Å². The van der Waals surface area contributed by atoms with Crippen LogP contribution in [0.4, 0.5) is 0 Å². The van der Waals surface area contributed by atoms with E-state index in [1.165, 1.54) is 38.0 Å². The summed E-state index contributed by atoms with van der Waals surface area (Å²) in [6, 6.07) is 0.775. The van der Waals surface area contributed by atoms with E-state index >= 15 is 0 Å². The van der Waals surface area contributed by atoms with Gasteiger partial charge in [-0.05, 0) is 44.4 Å². The minimum atomic E-state index is 0.775. The van der Waals surface area contributed by atoms with Crippen LogP contribution in [0, 0.1) is 5.92 Å². The van der Waals surface area contributed by atoms with Crippen LogP contribution in [0.2, 0.25) is 0 Å². The number of hydrogen-bond acceptors (Lipinski definition) is 2. The molecule has 0 aromatic rings. The summed E-state index contributed by atoms with van der Waals surface area (Å²) >= 11 is 2.22. The number of thioether (sulfide) groups is 1. The topological polar surface area (TPSA) is 12.0 Å². The van der Waals surface area contributed by atoms with Crippen LogP contribution in [0.3, 0.4) is 0 Å². The zero-order chi connectivity index (χ0) is 8.39. The van der Waals surface area contributed by atoms with Gasteiger partial charge in [0, 0.05) is 11.3 Å². The second-order valence-electron chi connectivity index (χ2n) is 4.21. The predicted molar refractivity (Wildman–Crippen MR) is 55.7 cm³/mol. The highest BCUT2D eigenvalue weighted by Crippen LogP contribution is 2.34. The lowest BCUT2D eigenvalue weighted by Gasteiger charge is -2.26. The largest absolute Gasteiger partial charge is 0.314 e. The van der Waals surface area contributed by atoms with Crippen molar-refractivity contribution in [3.63, 3.8) is 0 Å². The third-order valence-corrected chi connectivity index (χ3v) is 4.70. The van der Waals surface area contributed by atoms with Gasteiger partial charge < -0.3 is 5.32 Å². The minimum absolute atomic E-state index is 0.775. The molecule has 0 aliphatic carbocycles. The van der Waals surface area contributed by atoms with E-state index in [2.05, 4.69) is 24.0 Å². The van der Waals surface area contributed by atoms with Gasteiger partial charge in [-0.25, -0.2) is 0 Å². The van der Waals surface area contributed by atoms with Gasteiger partial charge in [-0.15, -0.1) is 0 Å². The lowest BCUT2D eigenvalue weighted by atomic mass is 9.98. The molecule has 3 unspecified atom stereocenters. The lowest BCUT2D eigenvalue weighted by Crippen LogP contribution is -2.23. The molecule has 0 bridgehead atoms. The fraction of sp³-hybridized carbons (Fsp3) is 1.00. The molecule has 2 heteroatoms. The monoisotopic (exact) mass is 185 g/mol. The standard InChI is InChI=1S/C10H19NS/c1-8-6-9(7-11-8)10-4-2-3-5-12-10/h8-11H,2-7H2,1H3. The van der Waals surface area contributed by atoms with E-state index in [1.54, 1.807) is 0 Å². The van der Waals surface area contributed by atoms with Crippen LogP contribution in [0.5, 0.6) is 0 Å². The maximum Gasteiger partial charge on any atom is 0.00880 e. The average molecular weight is 185 g/mol. The van der Waals surface area contributed by atoms with Crippen molar-refractivity contribution in [2.24, 2.45) is 5.92 Å². The van der Waals surface area contributed by atoms with E-state index in [0.717, 1.165) is 17.2 Å². The van der Waals surface area contributed by atoms with E-state index in [-0.39, 0.29) is 0 Å². The Morgan fingerprint density at radius 1 is 1.33 bits per heavy atom. The van der Waals surface area contributed by atoms with Crippen LogP contribution in [0.25, 0.3) is 0 Å². The maximum atomic E-state index is 3.55. The zero-order valence-electron chi connectivity index (χ0n) is 7.88. The number of hydrogen-bond donors (Lipinski definition) is 1. The van der Waals surface area contributed by atoms with E-state index in [0.29, 0.717) is 0 Å². The summed E-state index contributed by atoms with van der Waals surface area (Å²) in [4.78, 5) is 0. The van der Waals surface area contributed by atoms with Gasteiger partial charge in [0.05, 0.1) is 0 Å². The van der Waals surface area contributed by atoms with Crippen LogP contribution in [-0.2, 0) is 0 Å². The first-order valence-electron chi connectivity index (χ1n) is 5.21. The van der Waals surface area contributed by atoms with Crippen LogP contribution in [0.1, 0.15) is 32.6 Å². The van der Waals surface area contributed by atoms with Crippen LogP contribution in [-0.4, -0.2) is 23.6 Å². The Morgan fingerprint density at radius 2 is 2.25 bits per heavy atom. The molecule has 2 aliphatic rings. The number of rotatable bonds is 1. The van der Waals surface area contributed by atoms with Crippen molar-refractivity contribution in [2.75, 3.05) is 12.3 Å². The third-order valence-electron chi connectivity index (χ3n) is 3.13. The van der Waals surface area contributed by atoms with E-state index < -0.39 is 0 Å². The van der Waals surface area contributed by atoms with Crippen LogP contribution in [0.15, 0.2) is 0 Å². The summed E-state index contributed by atoms with van der Waals surface area (Å²) < 4.78 is 0. The molecule has 0 aromatic carbocycles. The van der Waals surface area contributed by atoms with Gasteiger partial charge in [-0.1, -0.05) is 6.42 Å². The minimum Gasteiger partial charge on any atom is -0.314 e. The summed E-state index contributed by atoms with van der Waals surface area (Å²) in [6.07, 6.45) is 5.82. The number of nitrogens with one attached hydrogen (secondary N) is 1. The van der Waals surface area contributed by atoms with Crippen molar-refractivity contribution in [2.45, 2.75) is 43.9 Å². The molecular weight excluding hydrogens is 166 g/mol. The molecule has 1 N–H and O–H groups in total. The second kappa shape index (κ2) is 4.01. The molecule has 0 spiro atoms. The molecule has 12 heavy (non-hydrogen) atoms. The van der Waals surface area contributed by atoms with E-state index in [4.69, 9.17) is 0 Å². The molecule has 2 fully saturated rings. The van der Waals surface area contributed by atoms with Crippen molar-refractivity contribution in [3.05, 3.63) is 0 Å². The quantitative estimate of drug-likeness (QED) is 0.672. The fourth-order valence-corrected chi connectivity index (χ4v) is 3.88. The Hall–Kier alpha value is 0.310. The molecule has 0 radical (unpaired) electrons. The molecule has 70 valence electrons. The molecule has 3 atom stereocenters. The Morgan fingerprint density at radius 3 is 2.83 bits per heavy atom. The highest BCUT2D eigenvalue weighted by molar-refractivity contribution is 7.99. The van der Waals surface area contributed by atoms with Crippen molar-refractivity contribution >= 4 is 11.8 Å². The van der Waals surface area contributed by atoms with Gasteiger partial charge in [0.2, 0.25) is 0 Å². The van der Waals surface area contributed by atoms with Gasteiger partial charge in [-0.3, -0.25) is 0 Å². The van der Waals surface area contributed by atoms with E-state index in [9.17, 15) is 0 Å². The lowest BCUT2D eigenvalue weighted by molar-refractivity contribution is 0.493. The first kappa shape index (κ1) is 8.89. The Balaban J connectivity index is 1.83. The normalized spacial score (nSPS) is 43.2. The summed E-state index contributed by atoms with van der Waals surface area (Å²) in [5.74, 6) is 2.39. The molecule has 0 aromatic heterocycles. The van der Waals surface area contributed by atoms with Crippen molar-refractivity contribution < 1.29 is 0 Å². The highest BCUT2D eigenvalue weighted by Gasteiger charge is 2.29. The fourth-order valence-electron chi connectivity index (χ4n) is 2.39. The second-order valence-corrected chi connectivity index (χ2v) is 5.56. The van der Waals surface area contributed by atoms with Gasteiger partial charge in [0.25, 0.3) is 0 Å².